The third-order valence-electron chi connectivity index (χ3n) is 6.04. The molecule has 1 aliphatic rings. The van der Waals surface area contributed by atoms with Gasteiger partial charge in [0, 0.05) is 35.2 Å². The molecule has 34 heavy (non-hydrogen) atoms. The smallest absolute Gasteiger partial charge is 0.205 e. The number of benzene rings is 1. The van der Waals surface area contributed by atoms with E-state index in [9.17, 15) is 8.78 Å². The molecule has 1 aliphatic heterocycles. The minimum Gasteiger partial charge on any atom is -0.478 e. The molecule has 1 saturated heterocycles. The average Bonchev–Trinajstić information content (AvgIpc) is 3.48. The minimum atomic E-state index is -0.948. The van der Waals surface area contributed by atoms with Gasteiger partial charge in [0.25, 0.3) is 0 Å². The van der Waals surface area contributed by atoms with Gasteiger partial charge in [-0.25, -0.2) is 13.8 Å². The lowest BCUT2D eigenvalue weighted by molar-refractivity contribution is 0.227. The van der Waals surface area contributed by atoms with Gasteiger partial charge in [-0.3, -0.25) is 4.68 Å². The maximum Gasteiger partial charge on any atom is 0.205 e. The second-order valence-corrected chi connectivity index (χ2v) is 8.95. The Morgan fingerprint density at radius 3 is 2.62 bits per heavy atom. The molecule has 0 bridgehead atoms. The van der Waals surface area contributed by atoms with Crippen molar-refractivity contribution in [2.75, 3.05) is 18.8 Å². The molecule has 4 heterocycles. The molecule has 0 amide bonds. The second-order valence-electron chi connectivity index (χ2n) is 8.20. The van der Waals surface area contributed by atoms with Gasteiger partial charge in [0.05, 0.1) is 27.7 Å². The number of nitrogen functional groups attached to an aromatic ring is 1. The molecule has 11 heteroatoms. The fourth-order valence-corrected chi connectivity index (χ4v) is 4.90. The highest BCUT2D eigenvalue weighted by molar-refractivity contribution is 6.36. The Labute approximate surface area is 203 Å². The van der Waals surface area contributed by atoms with Crippen molar-refractivity contribution in [3.63, 3.8) is 0 Å². The van der Waals surface area contributed by atoms with Gasteiger partial charge in [-0.15, -0.1) is 0 Å². The Bertz CT molecular complexity index is 1340. The van der Waals surface area contributed by atoms with Crippen LogP contribution < -0.4 is 15.8 Å². The van der Waals surface area contributed by atoms with E-state index in [0.29, 0.717) is 23.1 Å². The number of fused-ring (bicyclic) bond motifs is 1. The Balaban J connectivity index is 1.50. The fraction of sp³-hybridized carbons (Fsp3) is 0.304. The number of pyridine rings is 1. The van der Waals surface area contributed by atoms with Crippen LogP contribution in [0.25, 0.3) is 22.1 Å². The van der Waals surface area contributed by atoms with Crippen LogP contribution >= 0.6 is 23.2 Å². The number of furan rings is 1. The molecule has 178 valence electrons. The van der Waals surface area contributed by atoms with E-state index in [2.05, 4.69) is 15.4 Å². The van der Waals surface area contributed by atoms with Crippen LogP contribution in [0.4, 0.5) is 14.6 Å². The van der Waals surface area contributed by atoms with Gasteiger partial charge >= 0.3 is 0 Å². The van der Waals surface area contributed by atoms with Crippen molar-refractivity contribution in [2.45, 2.75) is 31.9 Å². The molecule has 1 fully saturated rings. The van der Waals surface area contributed by atoms with Crippen molar-refractivity contribution >= 4 is 40.0 Å². The topological polar surface area (TPSA) is 91.1 Å². The van der Waals surface area contributed by atoms with E-state index in [1.54, 1.807) is 25.6 Å². The zero-order chi connectivity index (χ0) is 24.0. The first-order valence-electron chi connectivity index (χ1n) is 10.8. The van der Waals surface area contributed by atoms with Crippen molar-refractivity contribution < 1.29 is 17.9 Å². The number of rotatable bonds is 5. The Morgan fingerprint density at radius 1 is 1.21 bits per heavy atom. The summed E-state index contributed by atoms with van der Waals surface area (Å²) in [4.78, 5) is 4.23. The molecule has 0 aliphatic carbocycles. The molecule has 0 spiro atoms. The second kappa shape index (κ2) is 9.05. The van der Waals surface area contributed by atoms with E-state index in [0.717, 1.165) is 37.1 Å². The van der Waals surface area contributed by atoms with Crippen LogP contribution in [0.5, 0.6) is 5.75 Å². The molecule has 0 unspecified atom stereocenters. The summed E-state index contributed by atoms with van der Waals surface area (Å²) in [6, 6.07) is 0.961. The maximum atomic E-state index is 14.0. The number of piperidine rings is 1. The number of ether oxygens (including phenoxy) is 1. The zero-order valence-electron chi connectivity index (χ0n) is 18.1. The van der Waals surface area contributed by atoms with Crippen LogP contribution in [0, 0.1) is 11.6 Å². The molecule has 0 saturated carbocycles. The lowest BCUT2D eigenvalue weighted by Gasteiger charge is -2.22. The van der Waals surface area contributed by atoms with Crippen molar-refractivity contribution in [1.29, 1.82) is 0 Å². The minimum absolute atomic E-state index is 0.0349. The van der Waals surface area contributed by atoms with Crippen LogP contribution in [0.1, 0.15) is 37.5 Å². The highest BCUT2D eigenvalue weighted by Gasteiger charge is 2.25. The van der Waals surface area contributed by atoms with Crippen molar-refractivity contribution in [1.82, 2.24) is 20.1 Å². The first-order valence-corrected chi connectivity index (χ1v) is 11.5. The van der Waals surface area contributed by atoms with Gasteiger partial charge in [0.1, 0.15) is 24.0 Å². The number of anilines is 1. The summed E-state index contributed by atoms with van der Waals surface area (Å²) in [5.41, 5.74) is 8.01. The SMILES string of the molecule is C[C@@H](Oc1c(N)ncc2c(-c3cnn(C4CCNCC4)c3)coc12)c1c(Cl)c(F)cc(F)c1Cl. The normalized spacial score (nSPS) is 15.7. The number of halogens is 4. The number of nitrogens with zero attached hydrogens (tertiary/aromatic N) is 3. The Hall–Kier alpha value is -2.88. The quantitative estimate of drug-likeness (QED) is 0.325. The van der Waals surface area contributed by atoms with Crippen LogP contribution in [-0.2, 0) is 0 Å². The van der Waals surface area contributed by atoms with Crippen LogP contribution in [0.2, 0.25) is 10.0 Å². The van der Waals surface area contributed by atoms with Crippen LogP contribution in [0.15, 0.2) is 35.3 Å². The third-order valence-corrected chi connectivity index (χ3v) is 6.81. The van der Waals surface area contributed by atoms with Crippen molar-refractivity contribution in [3.8, 4) is 16.9 Å². The predicted molar refractivity (Wildman–Crippen MR) is 126 cm³/mol. The van der Waals surface area contributed by atoms with E-state index in [-0.39, 0.29) is 27.2 Å². The van der Waals surface area contributed by atoms with Gasteiger partial charge in [0.2, 0.25) is 5.75 Å². The maximum absolute atomic E-state index is 14.0. The van der Waals surface area contributed by atoms with E-state index in [1.807, 2.05) is 10.9 Å². The summed E-state index contributed by atoms with van der Waals surface area (Å²) in [5.74, 6) is -1.71. The average molecular weight is 508 g/mol. The molecule has 1 aromatic carbocycles. The van der Waals surface area contributed by atoms with E-state index in [1.165, 1.54) is 0 Å². The summed E-state index contributed by atoms with van der Waals surface area (Å²) >= 11 is 12.1. The van der Waals surface area contributed by atoms with Gasteiger partial charge in [-0.05, 0) is 32.9 Å². The zero-order valence-corrected chi connectivity index (χ0v) is 19.6. The number of nitrogens with two attached hydrogens (primary N) is 1. The van der Waals surface area contributed by atoms with Crippen LogP contribution in [-0.4, -0.2) is 27.9 Å². The summed E-state index contributed by atoms with van der Waals surface area (Å²) in [5, 5.41) is 7.88. The van der Waals surface area contributed by atoms with Gasteiger partial charge in [-0.2, -0.15) is 5.10 Å². The molecule has 0 radical (unpaired) electrons. The summed E-state index contributed by atoms with van der Waals surface area (Å²) in [6.45, 7) is 3.47. The lowest BCUT2D eigenvalue weighted by Crippen LogP contribution is -2.29. The number of nitrogens with one attached hydrogen (secondary N) is 1. The van der Waals surface area contributed by atoms with E-state index < -0.39 is 17.7 Å². The molecular formula is C23H21Cl2F2N5O2. The van der Waals surface area contributed by atoms with Crippen molar-refractivity contribution in [2.24, 2.45) is 0 Å². The lowest BCUT2D eigenvalue weighted by atomic mass is 10.1. The predicted octanol–water partition coefficient (Wildman–Crippen LogP) is 5.92. The monoisotopic (exact) mass is 507 g/mol. The van der Waals surface area contributed by atoms with Gasteiger partial charge in [-0.1, -0.05) is 23.2 Å². The molecular weight excluding hydrogens is 487 g/mol. The molecule has 7 nitrogen and oxygen atoms in total. The fourth-order valence-electron chi connectivity index (χ4n) is 4.25. The summed E-state index contributed by atoms with van der Waals surface area (Å²) in [6.07, 6.45) is 7.99. The molecule has 5 rings (SSSR count). The summed E-state index contributed by atoms with van der Waals surface area (Å²) < 4.78 is 41.8. The first kappa shape index (κ1) is 22.9. The molecule has 4 aromatic rings. The Kier molecular flexibility index (Phi) is 6.09. The third kappa shape index (κ3) is 3.97. The molecule has 3 N–H and O–H groups in total. The largest absolute Gasteiger partial charge is 0.478 e. The summed E-state index contributed by atoms with van der Waals surface area (Å²) in [7, 11) is 0. The molecule has 3 aromatic heterocycles. The van der Waals surface area contributed by atoms with E-state index >= 15 is 0 Å². The number of hydrogen-bond acceptors (Lipinski definition) is 6. The Morgan fingerprint density at radius 2 is 1.91 bits per heavy atom. The first-order chi connectivity index (χ1) is 16.3. The number of aromatic nitrogens is 3. The van der Waals surface area contributed by atoms with Gasteiger partial charge in [0.15, 0.2) is 11.4 Å². The number of hydrogen-bond donors (Lipinski definition) is 2. The standard InChI is InChI=1S/C23H21Cl2F2N5O2/c1-11(18-19(24)16(26)6-17(27)20(18)25)34-22-21-14(8-30-23(22)28)15(10-33-21)12-7-31-32(9-12)13-2-4-29-5-3-13/h6-11,13,29H,2-5H2,1H3,(H2,28,30)/t11-/m1/s1. The van der Waals surface area contributed by atoms with Gasteiger partial charge < -0.3 is 20.2 Å². The molecule has 1 atom stereocenters. The van der Waals surface area contributed by atoms with Crippen LogP contribution in [0.3, 0.4) is 0 Å². The highest BCUT2D eigenvalue weighted by Crippen LogP contribution is 2.42. The van der Waals surface area contributed by atoms with Crippen molar-refractivity contribution in [3.05, 3.63) is 58.2 Å². The van der Waals surface area contributed by atoms with E-state index in [4.69, 9.17) is 38.1 Å². The highest BCUT2D eigenvalue weighted by atomic mass is 35.5.